The molecule has 0 bridgehead atoms. The molecule has 0 aromatic heterocycles. The predicted octanol–water partition coefficient (Wildman–Crippen LogP) is 2.54. The van der Waals surface area contributed by atoms with Crippen molar-refractivity contribution < 1.29 is 0 Å². The first-order chi connectivity index (χ1) is 7.85. The second kappa shape index (κ2) is 5.84. The summed E-state index contributed by atoms with van der Waals surface area (Å²) in [4.78, 5) is 5.28. The molecule has 0 atom stereocenters. The van der Waals surface area contributed by atoms with Crippen molar-refractivity contribution in [3.05, 3.63) is 18.2 Å². The molecular formula is C12H18N2S2. The molecule has 4 heteroatoms. The number of fused-ring (bicyclic) bond motifs is 1. The summed E-state index contributed by atoms with van der Waals surface area (Å²) in [5.74, 6) is 1.20. The summed E-state index contributed by atoms with van der Waals surface area (Å²) < 4.78 is 0. The minimum atomic E-state index is 1.05. The van der Waals surface area contributed by atoms with Gasteiger partial charge in [0.2, 0.25) is 0 Å². The molecule has 1 aliphatic rings. The maximum atomic E-state index is 3.22. The van der Waals surface area contributed by atoms with E-state index in [2.05, 4.69) is 34.7 Å². The number of thioether (sulfide) groups is 2. The minimum absolute atomic E-state index is 1.05. The lowest BCUT2D eigenvalue weighted by atomic mass is 10.2. The Kier molecular flexibility index (Phi) is 4.44. The van der Waals surface area contributed by atoms with Crippen LogP contribution in [0.3, 0.4) is 0 Å². The zero-order valence-electron chi connectivity index (χ0n) is 9.82. The fourth-order valence-electron chi connectivity index (χ4n) is 1.86. The molecule has 1 heterocycles. The van der Waals surface area contributed by atoms with Crippen LogP contribution in [0.25, 0.3) is 0 Å². The average molecular weight is 254 g/mol. The molecule has 1 aromatic rings. The Bertz CT molecular complexity index is 355. The first-order valence-electron chi connectivity index (χ1n) is 5.55. The zero-order valence-corrected chi connectivity index (χ0v) is 11.5. The van der Waals surface area contributed by atoms with E-state index in [4.69, 9.17) is 0 Å². The molecule has 2 nitrogen and oxygen atoms in total. The molecule has 0 unspecified atom stereocenters. The van der Waals surface area contributed by atoms with Gasteiger partial charge < -0.3 is 10.2 Å². The number of nitrogens with zero attached hydrogens (tertiary/aromatic N) is 1. The monoisotopic (exact) mass is 254 g/mol. The van der Waals surface area contributed by atoms with E-state index in [0.29, 0.717) is 0 Å². The van der Waals surface area contributed by atoms with Crippen LogP contribution in [0, 0.1) is 0 Å². The Morgan fingerprint density at radius 1 is 1.50 bits per heavy atom. The number of hydrogen-bond donors (Lipinski definition) is 1. The smallest absolute Gasteiger partial charge is 0.0505 e. The SMILES string of the molecule is CNCCN1CCSc2cc(SC)ccc21. The number of hydrogen-bond acceptors (Lipinski definition) is 4. The molecule has 0 radical (unpaired) electrons. The number of anilines is 1. The van der Waals surface area contributed by atoms with Crippen molar-refractivity contribution in [2.45, 2.75) is 9.79 Å². The number of rotatable bonds is 4. The second-order valence-electron chi connectivity index (χ2n) is 3.77. The fraction of sp³-hybridized carbons (Fsp3) is 0.500. The highest BCUT2D eigenvalue weighted by Gasteiger charge is 2.16. The van der Waals surface area contributed by atoms with Crippen molar-refractivity contribution >= 4 is 29.2 Å². The van der Waals surface area contributed by atoms with Crippen LogP contribution in [-0.4, -0.2) is 38.7 Å². The molecule has 0 saturated heterocycles. The van der Waals surface area contributed by atoms with Gasteiger partial charge in [-0.1, -0.05) is 0 Å². The third kappa shape index (κ3) is 2.67. The van der Waals surface area contributed by atoms with E-state index in [1.54, 1.807) is 0 Å². The molecule has 0 fully saturated rings. The normalized spacial score (nSPS) is 15.0. The second-order valence-corrected chi connectivity index (χ2v) is 5.79. The lowest BCUT2D eigenvalue weighted by Crippen LogP contribution is -2.34. The summed E-state index contributed by atoms with van der Waals surface area (Å²) in [7, 11) is 2.01. The Labute approximate surface area is 106 Å². The van der Waals surface area contributed by atoms with E-state index < -0.39 is 0 Å². The van der Waals surface area contributed by atoms with Gasteiger partial charge in [-0.15, -0.1) is 23.5 Å². The van der Waals surface area contributed by atoms with E-state index in [1.807, 2.05) is 30.6 Å². The van der Waals surface area contributed by atoms with Crippen LogP contribution >= 0.6 is 23.5 Å². The highest BCUT2D eigenvalue weighted by Crippen LogP contribution is 2.36. The molecule has 0 saturated carbocycles. The molecule has 0 aliphatic carbocycles. The molecule has 2 rings (SSSR count). The van der Waals surface area contributed by atoms with E-state index in [9.17, 15) is 0 Å². The van der Waals surface area contributed by atoms with Crippen LogP contribution < -0.4 is 10.2 Å². The van der Waals surface area contributed by atoms with Gasteiger partial charge in [-0.05, 0) is 31.5 Å². The van der Waals surface area contributed by atoms with Crippen LogP contribution in [0.5, 0.6) is 0 Å². The average Bonchev–Trinajstić information content (AvgIpc) is 2.35. The molecule has 1 aliphatic heterocycles. The molecule has 16 heavy (non-hydrogen) atoms. The number of likely N-dealkylation sites (N-methyl/N-ethyl adjacent to an activating group) is 1. The topological polar surface area (TPSA) is 15.3 Å². The summed E-state index contributed by atoms with van der Waals surface area (Å²) in [6.45, 7) is 3.31. The van der Waals surface area contributed by atoms with Gasteiger partial charge >= 0.3 is 0 Å². The van der Waals surface area contributed by atoms with Gasteiger partial charge in [0.05, 0.1) is 5.69 Å². The van der Waals surface area contributed by atoms with Gasteiger partial charge in [0, 0.05) is 35.2 Å². The number of benzene rings is 1. The Hall–Kier alpha value is -0.320. The molecule has 0 spiro atoms. The van der Waals surface area contributed by atoms with Gasteiger partial charge in [0.15, 0.2) is 0 Å². The van der Waals surface area contributed by atoms with Gasteiger partial charge in [0.1, 0.15) is 0 Å². The van der Waals surface area contributed by atoms with Crippen LogP contribution in [0.4, 0.5) is 5.69 Å². The third-order valence-electron chi connectivity index (χ3n) is 2.76. The highest BCUT2D eigenvalue weighted by molar-refractivity contribution is 8.00. The van der Waals surface area contributed by atoms with Crippen molar-refractivity contribution in [3.8, 4) is 0 Å². The summed E-state index contributed by atoms with van der Waals surface area (Å²) in [5.41, 5.74) is 1.41. The standard InChI is InChI=1S/C12H18N2S2/c1-13-5-6-14-7-8-16-12-9-10(15-2)3-4-11(12)14/h3-4,9,13H,5-8H2,1-2H3. The van der Waals surface area contributed by atoms with E-state index in [1.165, 1.54) is 21.2 Å². The van der Waals surface area contributed by atoms with Gasteiger partial charge in [0.25, 0.3) is 0 Å². The summed E-state index contributed by atoms with van der Waals surface area (Å²) in [5, 5.41) is 3.22. The van der Waals surface area contributed by atoms with Crippen molar-refractivity contribution in [3.63, 3.8) is 0 Å². The summed E-state index contributed by atoms with van der Waals surface area (Å²) >= 11 is 3.80. The van der Waals surface area contributed by atoms with Crippen LogP contribution in [0.2, 0.25) is 0 Å². The van der Waals surface area contributed by atoms with Crippen molar-refractivity contribution in [1.82, 2.24) is 5.32 Å². The molecule has 1 N–H and O–H groups in total. The summed E-state index contributed by atoms with van der Waals surface area (Å²) in [6.07, 6.45) is 2.13. The van der Waals surface area contributed by atoms with E-state index in [0.717, 1.165) is 19.6 Å². The Balaban J connectivity index is 2.18. The largest absolute Gasteiger partial charge is 0.369 e. The van der Waals surface area contributed by atoms with Crippen LogP contribution in [-0.2, 0) is 0 Å². The van der Waals surface area contributed by atoms with Gasteiger partial charge in [-0.25, -0.2) is 0 Å². The van der Waals surface area contributed by atoms with Crippen LogP contribution in [0.1, 0.15) is 0 Å². The quantitative estimate of drug-likeness (QED) is 0.830. The van der Waals surface area contributed by atoms with Crippen molar-refractivity contribution in [2.75, 3.05) is 43.6 Å². The molecule has 0 amide bonds. The summed E-state index contributed by atoms with van der Waals surface area (Å²) in [6, 6.07) is 6.81. The lowest BCUT2D eigenvalue weighted by molar-refractivity contribution is 0.730. The zero-order chi connectivity index (χ0) is 11.4. The maximum absolute atomic E-state index is 3.22. The van der Waals surface area contributed by atoms with Crippen molar-refractivity contribution in [1.29, 1.82) is 0 Å². The van der Waals surface area contributed by atoms with Crippen molar-refractivity contribution in [2.24, 2.45) is 0 Å². The number of nitrogens with one attached hydrogen (secondary N) is 1. The van der Waals surface area contributed by atoms with Crippen LogP contribution in [0.15, 0.2) is 28.0 Å². The van der Waals surface area contributed by atoms with E-state index in [-0.39, 0.29) is 0 Å². The lowest BCUT2D eigenvalue weighted by Gasteiger charge is -2.31. The van der Waals surface area contributed by atoms with Gasteiger partial charge in [-0.2, -0.15) is 0 Å². The van der Waals surface area contributed by atoms with Gasteiger partial charge in [-0.3, -0.25) is 0 Å². The molecular weight excluding hydrogens is 236 g/mol. The molecule has 1 aromatic carbocycles. The first-order valence-corrected chi connectivity index (χ1v) is 7.76. The minimum Gasteiger partial charge on any atom is -0.369 e. The Morgan fingerprint density at radius 2 is 2.38 bits per heavy atom. The highest BCUT2D eigenvalue weighted by atomic mass is 32.2. The third-order valence-corrected chi connectivity index (χ3v) is 4.51. The Morgan fingerprint density at radius 3 is 3.12 bits per heavy atom. The first kappa shape index (κ1) is 12.1. The molecule has 88 valence electrons. The fourth-order valence-corrected chi connectivity index (χ4v) is 3.46. The predicted molar refractivity (Wildman–Crippen MR) is 75.1 cm³/mol. The maximum Gasteiger partial charge on any atom is 0.0505 e. The van der Waals surface area contributed by atoms with E-state index >= 15 is 0 Å².